The summed E-state index contributed by atoms with van der Waals surface area (Å²) >= 11 is 5.91. The fraction of sp³-hybridized carbons (Fsp3) is 0.462. The number of aliphatic carboxylic acids is 1. The van der Waals surface area contributed by atoms with Gasteiger partial charge in [0, 0.05) is 16.8 Å². The average molecular weight is 254 g/mol. The van der Waals surface area contributed by atoms with Crippen LogP contribution in [0.5, 0.6) is 0 Å². The Morgan fingerprint density at radius 3 is 2.94 bits per heavy atom. The molecular weight excluding hydrogens is 238 g/mol. The zero-order valence-electron chi connectivity index (χ0n) is 9.53. The Labute approximate surface area is 106 Å². The molecule has 1 saturated carbocycles. The number of carboxylic acid groups (broad SMARTS) is 1. The third kappa shape index (κ3) is 3.37. The molecule has 2 unspecified atom stereocenters. The van der Waals surface area contributed by atoms with Gasteiger partial charge in [-0.1, -0.05) is 24.1 Å². The number of carbonyl (C=O) groups is 1. The van der Waals surface area contributed by atoms with E-state index in [0.717, 1.165) is 24.9 Å². The van der Waals surface area contributed by atoms with E-state index in [0.29, 0.717) is 11.4 Å². The van der Waals surface area contributed by atoms with Crippen LogP contribution in [-0.2, 0) is 4.79 Å². The second-order valence-corrected chi connectivity index (χ2v) is 4.99. The Kier molecular flexibility index (Phi) is 3.89. The van der Waals surface area contributed by atoms with Gasteiger partial charge in [-0.25, -0.2) is 0 Å². The van der Waals surface area contributed by atoms with Gasteiger partial charge in [0.25, 0.3) is 0 Å². The zero-order valence-corrected chi connectivity index (χ0v) is 10.3. The number of anilines is 1. The fourth-order valence-electron chi connectivity index (χ4n) is 2.36. The lowest BCUT2D eigenvalue weighted by Crippen LogP contribution is -2.30. The molecule has 0 saturated heterocycles. The molecule has 4 heteroatoms. The maximum absolute atomic E-state index is 11.0. The minimum absolute atomic E-state index is 0.208. The highest BCUT2D eigenvalue weighted by atomic mass is 35.5. The van der Waals surface area contributed by atoms with Crippen molar-refractivity contribution in [3.05, 3.63) is 29.3 Å². The number of carboxylic acids is 1. The molecular formula is C13H16ClNO2. The van der Waals surface area contributed by atoms with Crippen molar-refractivity contribution < 1.29 is 9.90 Å². The Hall–Kier alpha value is -1.22. The SMILES string of the molecule is O=C(O)C1CCCC(Nc2cccc(Cl)c2)C1. The van der Waals surface area contributed by atoms with E-state index >= 15 is 0 Å². The van der Waals surface area contributed by atoms with E-state index in [1.165, 1.54) is 0 Å². The molecule has 1 fully saturated rings. The minimum Gasteiger partial charge on any atom is -0.481 e. The van der Waals surface area contributed by atoms with Crippen LogP contribution in [0.2, 0.25) is 5.02 Å². The van der Waals surface area contributed by atoms with Gasteiger partial charge < -0.3 is 10.4 Å². The average Bonchev–Trinajstić information content (AvgIpc) is 2.29. The molecule has 1 aromatic rings. The summed E-state index contributed by atoms with van der Waals surface area (Å²) in [6.45, 7) is 0. The first kappa shape index (κ1) is 12.2. The smallest absolute Gasteiger partial charge is 0.306 e. The van der Waals surface area contributed by atoms with Gasteiger partial charge in [-0.15, -0.1) is 0 Å². The van der Waals surface area contributed by atoms with Crippen LogP contribution in [0.1, 0.15) is 25.7 Å². The van der Waals surface area contributed by atoms with Gasteiger partial charge in [-0.3, -0.25) is 4.79 Å². The van der Waals surface area contributed by atoms with Crippen LogP contribution in [0.15, 0.2) is 24.3 Å². The van der Waals surface area contributed by atoms with Crippen molar-refractivity contribution in [2.75, 3.05) is 5.32 Å². The highest BCUT2D eigenvalue weighted by molar-refractivity contribution is 6.30. The summed E-state index contributed by atoms with van der Waals surface area (Å²) < 4.78 is 0. The maximum atomic E-state index is 11.0. The molecule has 0 bridgehead atoms. The molecule has 0 heterocycles. The van der Waals surface area contributed by atoms with Crippen molar-refractivity contribution in [2.24, 2.45) is 5.92 Å². The van der Waals surface area contributed by atoms with Crippen LogP contribution in [-0.4, -0.2) is 17.1 Å². The van der Waals surface area contributed by atoms with E-state index < -0.39 is 5.97 Å². The molecule has 1 aliphatic carbocycles. The third-order valence-electron chi connectivity index (χ3n) is 3.22. The van der Waals surface area contributed by atoms with Crippen LogP contribution in [0.25, 0.3) is 0 Å². The molecule has 0 aromatic heterocycles. The van der Waals surface area contributed by atoms with E-state index in [2.05, 4.69) is 5.32 Å². The van der Waals surface area contributed by atoms with Crippen molar-refractivity contribution in [2.45, 2.75) is 31.7 Å². The van der Waals surface area contributed by atoms with Crippen LogP contribution >= 0.6 is 11.6 Å². The summed E-state index contributed by atoms with van der Waals surface area (Å²) in [7, 11) is 0. The molecule has 3 nitrogen and oxygen atoms in total. The molecule has 0 radical (unpaired) electrons. The normalized spacial score (nSPS) is 24.3. The third-order valence-corrected chi connectivity index (χ3v) is 3.45. The van der Waals surface area contributed by atoms with E-state index in [9.17, 15) is 4.79 Å². The number of nitrogens with one attached hydrogen (secondary N) is 1. The van der Waals surface area contributed by atoms with Crippen LogP contribution in [0.4, 0.5) is 5.69 Å². The van der Waals surface area contributed by atoms with E-state index in [-0.39, 0.29) is 12.0 Å². The van der Waals surface area contributed by atoms with Gasteiger partial charge in [0.05, 0.1) is 5.92 Å². The molecule has 0 aliphatic heterocycles. The van der Waals surface area contributed by atoms with Gasteiger partial charge in [-0.2, -0.15) is 0 Å². The highest BCUT2D eigenvalue weighted by Crippen LogP contribution is 2.27. The van der Waals surface area contributed by atoms with Gasteiger partial charge >= 0.3 is 5.97 Å². The van der Waals surface area contributed by atoms with Gasteiger partial charge in [-0.05, 0) is 37.5 Å². The highest BCUT2D eigenvalue weighted by Gasteiger charge is 2.26. The number of rotatable bonds is 3. The Balaban J connectivity index is 1.97. The lowest BCUT2D eigenvalue weighted by Gasteiger charge is -2.28. The van der Waals surface area contributed by atoms with Crippen molar-refractivity contribution in [1.82, 2.24) is 0 Å². The topological polar surface area (TPSA) is 49.3 Å². The van der Waals surface area contributed by atoms with E-state index in [1.807, 2.05) is 24.3 Å². The molecule has 17 heavy (non-hydrogen) atoms. The first-order valence-electron chi connectivity index (χ1n) is 5.90. The molecule has 1 aliphatic rings. The van der Waals surface area contributed by atoms with Crippen molar-refractivity contribution in [1.29, 1.82) is 0 Å². The van der Waals surface area contributed by atoms with Gasteiger partial charge in [0.1, 0.15) is 0 Å². The number of benzene rings is 1. The summed E-state index contributed by atoms with van der Waals surface area (Å²) in [5, 5.41) is 13.1. The molecule has 0 spiro atoms. The summed E-state index contributed by atoms with van der Waals surface area (Å²) in [6, 6.07) is 7.78. The lowest BCUT2D eigenvalue weighted by atomic mass is 9.85. The second kappa shape index (κ2) is 5.41. The molecule has 2 atom stereocenters. The Morgan fingerprint density at radius 1 is 1.41 bits per heavy atom. The van der Waals surface area contributed by atoms with Crippen LogP contribution < -0.4 is 5.32 Å². The summed E-state index contributed by atoms with van der Waals surface area (Å²) in [5.41, 5.74) is 0.966. The molecule has 2 rings (SSSR count). The number of hydrogen-bond donors (Lipinski definition) is 2. The van der Waals surface area contributed by atoms with Crippen LogP contribution in [0, 0.1) is 5.92 Å². The molecule has 2 N–H and O–H groups in total. The zero-order chi connectivity index (χ0) is 12.3. The first-order valence-corrected chi connectivity index (χ1v) is 6.28. The van der Waals surface area contributed by atoms with Gasteiger partial charge in [0.2, 0.25) is 0 Å². The van der Waals surface area contributed by atoms with Crippen molar-refractivity contribution in [3.8, 4) is 0 Å². The minimum atomic E-state index is -0.678. The monoisotopic (exact) mass is 253 g/mol. The number of halogens is 1. The molecule has 0 amide bonds. The predicted octanol–water partition coefficient (Wildman–Crippen LogP) is 3.40. The Morgan fingerprint density at radius 2 is 2.24 bits per heavy atom. The van der Waals surface area contributed by atoms with Crippen LogP contribution in [0.3, 0.4) is 0 Å². The standard InChI is InChI=1S/C13H16ClNO2/c14-10-4-2-6-12(8-10)15-11-5-1-3-9(7-11)13(16)17/h2,4,6,8-9,11,15H,1,3,5,7H2,(H,16,17). The van der Waals surface area contributed by atoms with Crippen molar-refractivity contribution >= 4 is 23.3 Å². The first-order chi connectivity index (χ1) is 8.15. The van der Waals surface area contributed by atoms with Gasteiger partial charge in [0.15, 0.2) is 0 Å². The number of hydrogen-bond acceptors (Lipinski definition) is 2. The molecule has 1 aromatic carbocycles. The predicted molar refractivity (Wildman–Crippen MR) is 68.5 cm³/mol. The summed E-state index contributed by atoms with van der Waals surface area (Å²) in [5.74, 6) is -0.886. The molecule has 92 valence electrons. The second-order valence-electron chi connectivity index (χ2n) is 4.55. The lowest BCUT2D eigenvalue weighted by molar-refractivity contribution is -0.142. The largest absolute Gasteiger partial charge is 0.481 e. The fourth-order valence-corrected chi connectivity index (χ4v) is 2.55. The quantitative estimate of drug-likeness (QED) is 0.868. The van der Waals surface area contributed by atoms with Crippen molar-refractivity contribution in [3.63, 3.8) is 0 Å². The van der Waals surface area contributed by atoms with E-state index in [4.69, 9.17) is 16.7 Å². The summed E-state index contributed by atoms with van der Waals surface area (Å²) in [6.07, 6.45) is 3.48. The Bertz CT molecular complexity index is 408. The maximum Gasteiger partial charge on any atom is 0.306 e. The summed E-state index contributed by atoms with van der Waals surface area (Å²) in [4.78, 5) is 11.0. The van der Waals surface area contributed by atoms with E-state index in [1.54, 1.807) is 0 Å².